The fourth-order valence-corrected chi connectivity index (χ4v) is 5.66. The average molecular weight is 627 g/mol. The zero-order valence-corrected chi connectivity index (χ0v) is 25.5. The van der Waals surface area contributed by atoms with Gasteiger partial charge in [-0.25, -0.2) is 9.78 Å². The number of aliphatic hydroxyl groups excluding tert-OH is 1. The number of amides is 2. The molecular weight excluding hydrogens is 592 g/mol. The van der Waals surface area contributed by atoms with Gasteiger partial charge in [0.25, 0.3) is 0 Å². The molecule has 2 heterocycles. The molecule has 6 aromatic rings. The van der Waals surface area contributed by atoms with Crippen molar-refractivity contribution in [1.82, 2.24) is 9.55 Å². The van der Waals surface area contributed by atoms with Crippen LogP contribution in [0.2, 0.25) is 0 Å². The number of urea groups is 1. The summed E-state index contributed by atoms with van der Waals surface area (Å²) in [5, 5.41) is 15.2. The second-order valence-electron chi connectivity index (χ2n) is 11.4. The Bertz CT molecular complexity index is 1930. The number of aromatic nitrogens is 2. The minimum absolute atomic E-state index is 0.0116. The third kappa shape index (κ3) is 7.34. The molecule has 236 valence electrons. The molecule has 0 bridgehead atoms. The number of anilines is 2. The first kappa shape index (κ1) is 30.2. The van der Waals surface area contributed by atoms with Crippen LogP contribution in [0, 0.1) is 0 Å². The zero-order chi connectivity index (χ0) is 32.0. The zero-order valence-electron chi connectivity index (χ0n) is 25.5. The van der Waals surface area contributed by atoms with Crippen molar-refractivity contribution in [2.45, 2.75) is 38.1 Å². The smallest absolute Gasteiger partial charge is 0.323 e. The maximum atomic E-state index is 12.8. The Morgan fingerprint density at radius 2 is 1.40 bits per heavy atom. The van der Waals surface area contributed by atoms with Crippen molar-refractivity contribution in [1.29, 1.82) is 0 Å². The minimum Gasteiger partial charge on any atom is -0.457 e. The van der Waals surface area contributed by atoms with Gasteiger partial charge in [-0.1, -0.05) is 66.7 Å². The van der Waals surface area contributed by atoms with Gasteiger partial charge < -0.3 is 34.5 Å². The highest BCUT2D eigenvalue weighted by Gasteiger charge is 2.32. The van der Waals surface area contributed by atoms with Gasteiger partial charge in [-0.15, -0.1) is 0 Å². The lowest BCUT2D eigenvalue weighted by Crippen LogP contribution is -2.32. The maximum absolute atomic E-state index is 12.8. The molecule has 3 atom stereocenters. The quantitative estimate of drug-likeness (QED) is 0.149. The Morgan fingerprint density at radius 3 is 2.13 bits per heavy atom. The van der Waals surface area contributed by atoms with Crippen LogP contribution in [0.15, 0.2) is 134 Å². The Kier molecular flexibility index (Phi) is 8.92. The van der Waals surface area contributed by atoms with E-state index in [-0.39, 0.29) is 24.8 Å². The van der Waals surface area contributed by atoms with E-state index in [1.807, 2.05) is 103 Å². The standard InChI is InChI=1S/C38H34N4O5/c43-24-26-10-12-27(13-11-26)36-22-33(23-42-25-39-34-8-4-5-9-35(34)42)46-37(47-36)28-14-16-29(17-15-28)40-38(44)41-30-18-20-32(21-19-30)45-31-6-2-1-3-7-31/h1-21,25,33,36-37,43H,22-24H2,(H2,40,41,44). The molecule has 1 aromatic heterocycles. The number of hydrogen-bond donors (Lipinski definition) is 3. The van der Waals surface area contributed by atoms with Crippen molar-refractivity contribution in [3.63, 3.8) is 0 Å². The summed E-state index contributed by atoms with van der Waals surface area (Å²) < 4.78 is 21.0. The molecule has 3 unspecified atom stereocenters. The van der Waals surface area contributed by atoms with Gasteiger partial charge in [0.15, 0.2) is 6.29 Å². The molecule has 0 aliphatic carbocycles. The van der Waals surface area contributed by atoms with E-state index in [1.54, 1.807) is 24.3 Å². The van der Waals surface area contributed by atoms with Gasteiger partial charge in [0.05, 0.1) is 42.7 Å². The number of nitrogens with zero attached hydrogens (tertiary/aromatic N) is 2. The second-order valence-corrected chi connectivity index (χ2v) is 11.4. The van der Waals surface area contributed by atoms with Gasteiger partial charge in [-0.2, -0.15) is 0 Å². The van der Waals surface area contributed by atoms with Gasteiger partial charge in [0, 0.05) is 23.4 Å². The fraction of sp³-hybridized carbons (Fsp3) is 0.158. The number of carbonyl (C=O) groups is 1. The number of hydrogen-bond acceptors (Lipinski definition) is 6. The van der Waals surface area contributed by atoms with Crippen molar-refractivity contribution in [2.24, 2.45) is 0 Å². The average Bonchev–Trinajstić information content (AvgIpc) is 3.52. The molecule has 1 fully saturated rings. The molecule has 47 heavy (non-hydrogen) atoms. The predicted molar refractivity (Wildman–Crippen MR) is 180 cm³/mol. The summed E-state index contributed by atoms with van der Waals surface area (Å²) >= 11 is 0. The molecule has 3 N–H and O–H groups in total. The monoisotopic (exact) mass is 626 g/mol. The SMILES string of the molecule is O=C(Nc1ccc(Oc2ccccc2)cc1)Nc1ccc(C2OC(Cn3cnc4ccccc43)CC(c3ccc(CO)cc3)O2)cc1. The van der Waals surface area contributed by atoms with Crippen LogP contribution in [0.1, 0.15) is 35.5 Å². The van der Waals surface area contributed by atoms with Crippen molar-refractivity contribution in [2.75, 3.05) is 10.6 Å². The van der Waals surface area contributed by atoms with Crippen LogP contribution in [0.5, 0.6) is 11.5 Å². The molecule has 0 saturated carbocycles. The Labute approximate surface area is 272 Å². The fourth-order valence-electron chi connectivity index (χ4n) is 5.66. The van der Waals surface area contributed by atoms with E-state index in [2.05, 4.69) is 26.3 Å². The molecule has 5 aromatic carbocycles. The van der Waals surface area contributed by atoms with Gasteiger partial charge in [0.1, 0.15) is 11.5 Å². The molecule has 1 aliphatic rings. The third-order valence-electron chi connectivity index (χ3n) is 8.07. The minimum atomic E-state index is -0.620. The van der Waals surface area contributed by atoms with E-state index in [0.29, 0.717) is 30.1 Å². The number of nitrogens with one attached hydrogen (secondary N) is 2. The first-order valence-electron chi connectivity index (χ1n) is 15.5. The van der Waals surface area contributed by atoms with E-state index >= 15 is 0 Å². The highest BCUT2D eigenvalue weighted by atomic mass is 16.7. The summed E-state index contributed by atoms with van der Waals surface area (Å²) in [4.78, 5) is 17.3. The van der Waals surface area contributed by atoms with Crippen molar-refractivity contribution in [3.8, 4) is 11.5 Å². The topological polar surface area (TPSA) is 107 Å². The Balaban J connectivity index is 1.02. The molecule has 9 heteroatoms. The molecule has 2 amide bonds. The molecule has 7 rings (SSSR count). The summed E-state index contributed by atoms with van der Waals surface area (Å²) in [5.74, 6) is 1.42. The van der Waals surface area contributed by atoms with E-state index < -0.39 is 6.29 Å². The largest absolute Gasteiger partial charge is 0.457 e. The summed E-state index contributed by atoms with van der Waals surface area (Å²) in [7, 11) is 0. The molecule has 0 spiro atoms. The molecule has 9 nitrogen and oxygen atoms in total. The van der Waals surface area contributed by atoms with Gasteiger partial charge in [-0.3, -0.25) is 0 Å². The van der Waals surface area contributed by atoms with E-state index in [1.165, 1.54) is 0 Å². The van der Waals surface area contributed by atoms with Crippen LogP contribution in [0.25, 0.3) is 11.0 Å². The molecule has 0 radical (unpaired) electrons. The maximum Gasteiger partial charge on any atom is 0.323 e. The molecule has 1 aliphatic heterocycles. The number of fused-ring (bicyclic) bond motifs is 1. The lowest BCUT2D eigenvalue weighted by atomic mass is 10.00. The van der Waals surface area contributed by atoms with E-state index in [9.17, 15) is 9.90 Å². The first-order chi connectivity index (χ1) is 23.1. The lowest BCUT2D eigenvalue weighted by molar-refractivity contribution is -0.252. The summed E-state index contributed by atoms with van der Waals surface area (Å²) in [6.07, 6.45) is 1.52. The highest BCUT2D eigenvalue weighted by molar-refractivity contribution is 5.99. The Hall–Kier alpha value is -5.48. The first-order valence-corrected chi connectivity index (χ1v) is 15.5. The van der Waals surface area contributed by atoms with Crippen LogP contribution in [-0.2, 0) is 22.6 Å². The van der Waals surface area contributed by atoms with Crippen LogP contribution < -0.4 is 15.4 Å². The van der Waals surface area contributed by atoms with Gasteiger partial charge >= 0.3 is 6.03 Å². The number of para-hydroxylation sites is 3. The summed E-state index contributed by atoms with van der Waals surface area (Å²) in [6.45, 7) is 0.604. The van der Waals surface area contributed by atoms with Crippen molar-refractivity contribution in [3.05, 3.63) is 150 Å². The summed E-state index contributed by atoms with van der Waals surface area (Å²) in [6, 6.07) is 39.7. The van der Waals surface area contributed by atoms with E-state index in [0.717, 1.165) is 33.5 Å². The number of carbonyl (C=O) groups excluding carboxylic acids is 1. The lowest BCUT2D eigenvalue weighted by Gasteiger charge is -2.36. The van der Waals surface area contributed by atoms with Crippen LogP contribution in [0.4, 0.5) is 16.2 Å². The Morgan fingerprint density at radius 1 is 0.766 bits per heavy atom. The van der Waals surface area contributed by atoms with Crippen LogP contribution in [0.3, 0.4) is 0 Å². The van der Waals surface area contributed by atoms with Gasteiger partial charge in [-0.05, 0) is 71.8 Å². The number of imidazole rings is 1. The molecular formula is C38H34N4O5. The number of ether oxygens (including phenoxy) is 3. The van der Waals surface area contributed by atoms with Crippen LogP contribution >= 0.6 is 0 Å². The number of rotatable bonds is 9. The van der Waals surface area contributed by atoms with Crippen molar-refractivity contribution >= 4 is 28.4 Å². The summed E-state index contributed by atoms with van der Waals surface area (Å²) in [5.41, 5.74) is 5.95. The van der Waals surface area contributed by atoms with Crippen LogP contribution in [-0.4, -0.2) is 26.8 Å². The number of benzene rings is 5. The van der Waals surface area contributed by atoms with Crippen molar-refractivity contribution < 1.29 is 24.1 Å². The predicted octanol–water partition coefficient (Wildman–Crippen LogP) is 8.21. The normalized spacial score (nSPS) is 17.7. The van der Waals surface area contributed by atoms with E-state index in [4.69, 9.17) is 14.2 Å². The second kappa shape index (κ2) is 13.9. The third-order valence-corrected chi connectivity index (χ3v) is 8.07. The van der Waals surface area contributed by atoms with Gasteiger partial charge in [0.2, 0.25) is 0 Å². The number of aliphatic hydroxyl groups is 1. The molecule has 1 saturated heterocycles. The highest BCUT2D eigenvalue weighted by Crippen LogP contribution is 2.39.